The molecule has 0 unspecified atom stereocenters. The molecule has 0 saturated carbocycles. The maximum absolute atomic E-state index is 11.8. The second kappa shape index (κ2) is 6.90. The second-order valence-corrected chi connectivity index (χ2v) is 5.00. The first-order valence-electron chi connectivity index (χ1n) is 6.45. The van der Waals surface area contributed by atoms with Gasteiger partial charge in [-0.3, -0.25) is 4.79 Å². The number of urea groups is 1. The Balaban J connectivity index is 1.86. The van der Waals surface area contributed by atoms with Gasteiger partial charge in [-0.05, 0) is 48.9 Å². The minimum absolute atomic E-state index is 0.00580. The highest BCUT2D eigenvalue weighted by Crippen LogP contribution is 2.11. The second-order valence-electron chi connectivity index (χ2n) is 4.57. The Morgan fingerprint density at radius 1 is 1.00 bits per heavy atom. The SMILES string of the molecule is CC(=O)c1ccc(NC(=O)NCc2ccc(Cl)cc2)cc1. The topological polar surface area (TPSA) is 58.2 Å². The molecule has 5 heteroatoms. The van der Waals surface area contributed by atoms with Gasteiger partial charge in [0, 0.05) is 22.8 Å². The van der Waals surface area contributed by atoms with E-state index in [1.54, 1.807) is 36.4 Å². The van der Waals surface area contributed by atoms with E-state index in [1.807, 2.05) is 12.1 Å². The number of hydrogen-bond donors (Lipinski definition) is 2. The Morgan fingerprint density at radius 3 is 2.19 bits per heavy atom. The molecule has 0 aromatic heterocycles. The Bertz CT molecular complexity index is 636. The van der Waals surface area contributed by atoms with Gasteiger partial charge in [0.05, 0.1) is 0 Å². The quantitative estimate of drug-likeness (QED) is 0.842. The van der Waals surface area contributed by atoms with Crippen molar-refractivity contribution in [1.29, 1.82) is 0 Å². The summed E-state index contributed by atoms with van der Waals surface area (Å²) in [4.78, 5) is 22.9. The molecule has 4 nitrogen and oxygen atoms in total. The molecular formula is C16H15ClN2O2. The van der Waals surface area contributed by atoms with Crippen LogP contribution in [0, 0.1) is 0 Å². The lowest BCUT2D eigenvalue weighted by Crippen LogP contribution is -2.28. The number of anilines is 1. The molecule has 0 saturated heterocycles. The summed E-state index contributed by atoms with van der Waals surface area (Å²) in [6.07, 6.45) is 0. The number of Topliss-reactive ketones (excluding diaryl/α,β-unsaturated/α-hetero) is 1. The summed E-state index contributed by atoms with van der Waals surface area (Å²) in [5, 5.41) is 6.11. The number of rotatable bonds is 4. The highest BCUT2D eigenvalue weighted by Gasteiger charge is 2.03. The smallest absolute Gasteiger partial charge is 0.319 e. The van der Waals surface area contributed by atoms with Gasteiger partial charge in [-0.2, -0.15) is 0 Å². The van der Waals surface area contributed by atoms with Crippen LogP contribution in [0.15, 0.2) is 48.5 Å². The highest BCUT2D eigenvalue weighted by molar-refractivity contribution is 6.30. The average Bonchev–Trinajstić information content (AvgIpc) is 2.47. The molecule has 2 rings (SSSR count). The monoisotopic (exact) mass is 302 g/mol. The number of hydrogen-bond acceptors (Lipinski definition) is 2. The van der Waals surface area contributed by atoms with E-state index in [2.05, 4.69) is 10.6 Å². The molecule has 0 aliphatic rings. The molecule has 0 spiro atoms. The van der Waals surface area contributed by atoms with Crippen molar-refractivity contribution in [2.75, 3.05) is 5.32 Å². The van der Waals surface area contributed by atoms with Crippen molar-refractivity contribution >= 4 is 29.1 Å². The Morgan fingerprint density at radius 2 is 1.62 bits per heavy atom. The van der Waals surface area contributed by atoms with Crippen LogP contribution in [0.3, 0.4) is 0 Å². The fraction of sp³-hybridized carbons (Fsp3) is 0.125. The molecule has 0 bridgehead atoms. The average molecular weight is 303 g/mol. The summed E-state index contributed by atoms with van der Waals surface area (Å²) in [6, 6.07) is 13.7. The first-order chi connectivity index (χ1) is 10.0. The first-order valence-corrected chi connectivity index (χ1v) is 6.83. The van der Waals surface area contributed by atoms with Crippen molar-refractivity contribution < 1.29 is 9.59 Å². The molecule has 2 amide bonds. The lowest BCUT2D eigenvalue weighted by Gasteiger charge is -2.08. The van der Waals surface area contributed by atoms with Crippen LogP contribution < -0.4 is 10.6 Å². The molecule has 0 fully saturated rings. The van der Waals surface area contributed by atoms with Gasteiger partial charge in [0.15, 0.2) is 5.78 Å². The number of ketones is 1. The molecule has 0 atom stereocenters. The van der Waals surface area contributed by atoms with Gasteiger partial charge in [0.25, 0.3) is 0 Å². The number of amides is 2. The summed E-state index contributed by atoms with van der Waals surface area (Å²) >= 11 is 5.79. The molecule has 2 N–H and O–H groups in total. The zero-order valence-electron chi connectivity index (χ0n) is 11.5. The van der Waals surface area contributed by atoms with E-state index >= 15 is 0 Å². The standard InChI is InChI=1S/C16H15ClN2O2/c1-11(20)13-4-8-15(9-5-13)19-16(21)18-10-12-2-6-14(17)7-3-12/h2-9H,10H2,1H3,(H2,18,19,21). The lowest BCUT2D eigenvalue weighted by atomic mass is 10.1. The van der Waals surface area contributed by atoms with Gasteiger partial charge < -0.3 is 10.6 Å². The predicted octanol–water partition coefficient (Wildman–Crippen LogP) is 3.86. The Labute approximate surface area is 128 Å². The predicted molar refractivity (Wildman–Crippen MR) is 83.8 cm³/mol. The molecular weight excluding hydrogens is 288 g/mol. The van der Waals surface area contributed by atoms with Crippen molar-refractivity contribution in [2.24, 2.45) is 0 Å². The van der Waals surface area contributed by atoms with E-state index < -0.39 is 0 Å². The first kappa shape index (κ1) is 15.1. The van der Waals surface area contributed by atoms with E-state index in [-0.39, 0.29) is 11.8 Å². The fourth-order valence-electron chi connectivity index (χ4n) is 1.75. The molecule has 0 heterocycles. The van der Waals surface area contributed by atoms with Crippen LogP contribution in [0.25, 0.3) is 0 Å². The normalized spacial score (nSPS) is 10.0. The third-order valence-corrected chi connectivity index (χ3v) is 3.17. The Kier molecular flexibility index (Phi) is 4.95. The largest absolute Gasteiger partial charge is 0.334 e. The molecule has 108 valence electrons. The van der Waals surface area contributed by atoms with E-state index in [4.69, 9.17) is 11.6 Å². The maximum Gasteiger partial charge on any atom is 0.319 e. The van der Waals surface area contributed by atoms with E-state index in [0.717, 1.165) is 5.56 Å². The number of carbonyl (C=O) groups is 2. The minimum atomic E-state index is -0.305. The van der Waals surface area contributed by atoms with Gasteiger partial charge in [0.2, 0.25) is 0 Å². The molecule has 0 radical (unpaired) electrons. The van der Waals surface area contributed by atoms with Crippen LogP contribution in [-0.2, 0) is 6.54 Å². The van der Waals surface area contributed by atoms with Crippen LogP contribution in [0.5, 0.6) is 0 Å². The van der Waals surface area contributed by atoms with E-state index in [1.165, 1.54) is 6.92 Å². The van der Waals surface area contributed by atoms with Gasteiger partial charge >= 0.3 is 6.03 Å². The van der Waals surface area contributed by atoms with Crippen molar-refractivity contribution in [3.8, 4) is 0 Å². The summed E-state index contributed by atoms with van der Waals surface area (Å²) in [5.41, 5.74) is 2.21. The van der Waals surface area contributed by atoms with E-state index in [0.29, 0.717) is 22.8 Å². The summed E-state index contributed by atoms with van der Waals surface area (Å²) in [7, 11) is 0. The van der Waals surface area contributed by atoms with Gasteiger partial charge in [0.1, 0.15) is 0 Å². The number of nitrogens with one attached hydrogen (secondary N) is 2. The molecule has 2 aromatic rings. The van der Waals surface area contributed by atoms with Crippen molar-refractivity contribution in [2.45, 2.75) is 13.5 Å². The van der Waals surface area contributed by atoms with Gasteiger partial charge in [-0.1, -0.05) is 23.7 Å². The highest BCUT2D eigenvalue weighted by atomic mass is 35.5. The molecule has 2 aromatic carbocycles. The van der Waals surface area contributed by atoms with Gasteiger partial charge in [-0.15, -0.1) is 0 Å². The zero-order valence-corrected chi connectivity index (χ0v) is 12.3. The van der Waals surface area contributed by atoms with Crippen LogP contribution >= 0.6 is 11.6 Å². The maximum atomic E-state index is 11.8. The van der Waals surface area contributed by atoms with Gasteiger partial charge in [-0.25, -0.2) is 4.79 Å². The number of benzene rings is 2. The molecule has 0 aliphatic carbocycles. The minimum Gasteiger partial charge on any atom is -0.334 e. The number of carbonyl (C=O) groups excluding carboxylic acids is 2. The molecule has 21 heavy (non-hydrogen) atoms. The van der Waals surface area contributed by atoms with Crippen molar-refractivity contribution in [1.82, 2.24) is 5.32 Å². The summed E-state index contributed by atoms with van der Waals surface area (Å²) in [6.45, 7) is 1.91. The summed E-state index contributed by atoms with van der Waals surface area (Å²) in [5.74, 6) is -0.00580. The Hall–Kier alpha value is -2.33. The van der Waals surface area contributed by atoms with Crippen LogP contribution in [-0.4, -0.2) is 11.8 Å². The number of halogens is 1. The fourth-order valence-corrected chi connectivity index (χ4v) is 1.87. The lowest BCUT2D eigenvalue weighted by molar-refractivity contribution is 0.101. The molecule has 0 aliphatic heterocycles. The third-order valence-electron chi connectivity index (χ3n) is 2.92. The van der Waals surface area contributed by atoms with Crippen LogP contribution in [0.1, 0.15) is 22.8 Å². The van der Waals surface area contributed by atoms with E-state index in [9.17, 15) is 9.59 Å². The third kappa shape index (κ3) is 4.61. The van der Waals surface area contributed by atoms with Crippen LogP contribution in [0.4, 0.5) is 10.5 Å². The summed E-state index contributed by atoms with van der Waals surface area (Å²) < 4.78 is 0. The van der Waals surface area contributed by atoms with Crippen molar-refractivity contribution in [3.05, 3.63) is 64.7 Å². The van der Waals surface area contributed by atoms with Crippen molar-refractivity contribution in [3.63, 3.8) is 0 Å². The van der Waals surface area contributed by atoms with Crippen LogP contribution in [0.2, 0.25) is 5.02 Å². The zero-order chi connectivity index (χ0) is 15.2.